The third kappa shape index (κ3) is 6.37. The molecule has 6 heteroatoms. The minimum atomic E-state index is -0.124. The summed E-state index contributed by atoms with van der Waals surface area (Å²) in [6.07, 6.45) is 0.829. The molecule has 4 rings (SSSR count). The molecule has 0 aliphatic heterocycles. The first-order chi connectivity index (χ1) is 16.9. The molecular weight excluding hydrogens is 499 g/mol. The van der Waals surface area contributed by atoms with Crippen molar-refractivity contribution in [1.82, 2.24) is 5.32 Å². The van der Waals surface area contributed by atoms with Crippen LogP contribution in [0, 0.1) is 0 Å². The molecule has 0 atom stereocenters. The molecule has 0 aromatic heterocycles. The Bertz CT molecular complexity index is 1310. The maximum atomic E-state index is 13.0. The van der Waals surface area contributed by atoms with Crippen molar-refractivity contribution >= 4 is 46.4 Å². The number of rotatable bonds is 8. The van der Waals surface area contributed by atoms with Crippen molar-refractivity contribution in [3.05, 3.63) is 112 Å². The Kier molecular flexibility index (Phi) is 8.35. The van der Waals surface area contributed by atoms with E-state index in [9.17, 15) is 4.79 Å². The van der Waals surface area contributed by atoms with Crippen molar-refractivity contribution in [3.8, 4) is 22.3 Å². The van der Waals surface area contributed by atoms with Gasteiger partial charge in [0.25, 0.3) is 5.91 Å². The second-order valence-electron chi connectivity index (χ2n) is 8.26. The van der Waals surface area contributed by atoms with Gasteiger partial charge in [0.2, 0.25) is 0 Å². The number of hydrogen-bond acceptors (Lipinski definition) is 2. The van der Waals surface area contributed by atoms with E-state index < -0.39 is 0 Å². The van der Waals surface area contributed by atoms with Crippen molar-refractivity contribution in [2.75, 3.05) is 25.0 Å². The Hall–Kier alpha value is -2.98. The molecule has 4 aromatic carbocycles. The van der Waals surface area contributed by atoms with Gasteiger partial charge in [0, 0.05) is 52.0 Å². The van der Waals surface area contributed by atoms with Crippen molar-refractivity contribution < 1.29 is 4.79 Å². The summed E-state index contributed by atoms with van der Waals surface area (Å²) >= 11 is 18.8. The molecule has 0 aliphatic rings. The molecule has 4 aromatic rings. The average Bonchev–Trinajstić information content (AvgIpc) is 2.87. The lowest BCUT2D eigenvalue weighted by Gasteiger charge is -2.19. The van der Waals surface area contributed by atoms with E-state index in [1.807, 2.05) is 66.7 Å². The molecular formula is C29H25Cl3N2O. The molecule has 0 bridgehead atoms. The third-order valence-corrected chi connectivity index (χ3v) is 6.61. The SMILES string of the molecule is CN(CCCNC(=O)c1ccc(-c2ccc(Cl)cc2)c(-c2ccc(Cl)cc2Cl)c1)c1ccccc1. The van der Waals surface area contributed by atoms with Crippen LogP contribution in [0.15, 0.2) is 91.0 Å². The topological polar surface area (TPSA) is 32.3 Å². The van der Waals surface area contributed by atoms with Gasteiger partial charge in [-0.25, -0.2) is 0 Å². The molecule has 1 N–H and O–H groups in total. The van der Waals surface area contributed by atoms with Crippen LogP contribution in [0.1, 0.15) is 16.8 Å². The van der Waals surface area contributed by atoms with E-state index in [1.54, 1.807) is 12.1 Å². The molecule has 178 valence electrons. The van der Waals surface area contributed by atoms with Gasteiger partial charge in [0.15, 0.2) is 0 Å². The van der Waals surface area contributed by atoms with E-state index >= 15 is 0 Å². The molecule has 3 nitrogen and oxygen atoms in total. The lowest BCUT2D eigenvalue weighted by Crippen LogP contribution is -2.28. The number of para-hydroxylation sites is 1. The maximum Gasteiger partial charge on any atom is 0.251 e. The molecule has 1 amide bonds. The summed E-state index contributed by atoms with van der Waals surface area (Å²) in [6, 6.07) is 28.8. The number of hydrogen-bond donors (Lipinski definition) is 1. The highest BCUT2D eigenvalue weighted by molar-refractivity contribution is 6.36. The summed E-state index contributed by atoms with van der Waals surface area (Å²) in [6.45, 7) is 1.41. The lowest BCUT2D eigenvalue weighted by molar-refractivity contribution is 0.0953. The fourth-order valence-electron chi connectivity index (χ4n) is 3.93. The van der Waals surface area contributed by atoms with E-state index in [4.69, 9.17) is 34.8 Å². The predicted molar refractivity (Wildman–Crippen MR) is 149 cm³/mol. The third-order valence-electron chi connectivity index (χ3n) is 5.81. The smallest absolute Gasteiger partial charge is 0.251 e. The minimum absolute atomic E-state index is 0.124. The molecule has 0 unspecified atom stereocenters. The number of benzene rings is 4. The Morgan fingerprint density at radius 3 is 2.17 bits per heavy atom. The van der Waals surface area contributed by atoms with Crippen LogP contribution in [0.5, 0.6) is 0 Å². The van der Waals surface area contributed by atoms with E-state index in [0.717, 1.165) is 40.9 Å². The highest BCUT2D eigenvalue weighted by atomic mass is 35.5. The number of halogens is 3. The first kappa shape index (κ1) is 25.1. The zero-order valence-electron chi connectivity index (χ0n) is 19.3. The van der Waals surface area contributed by atoms with Gasteiger partial charge < -0.3 is 10.2 Å². The number of nitrogens with zero attached hydrogens (tertiary/aromatic N) is 1. The molecule has 0 spiro atoms. The lowest BCUT2D eigenvalue weighted by atomic mass is 9.92. The zero-order chi connectivity index (χ0) is 24.8. The van der Waals surface area contributed by atoms with Crippen LogP contribution in [0.2, 0.25) is 15.1 Å². The standard InChI is InChI=1S/C29H25Cl3N2O/c1-34(24-6-3-2-4-7-24)17-5-16-33-29(35)21-10-14-25(20-8-11-22(30)12-9-20)27(18-21)26-15-13-23(31)19-28(26)32/h2-4,6-15,18-19H,5,16-17H2,1H3,(H,33,35). The molecule has 0 saturated carbocycles. The Labute approximate surface area is 221 Å². The monoisotopic (exact) mass is 522 g/mol. The van der Waals surface area contributed by atoms with Gasteiger partial charge >= 0.3 is 0 Å². The van der Waals surface area contributed by atoms with Crippen LogP contribution in [-0.4, -0.2) is 26.0 Å². The van der Waals surface area contributed by atoms with Crippen LogP contribution in [-0.2, 0) is 0 Å². The first-order valence-electron chi connectivity index (χ1n) is 11.3. The predicted octanol–water partition coefficient (Wildman–Crippen LogP) is 8.24. The van der Waals surface area contributed by atoms with Crippen molar-refractivity contribution in [2.24, 2.45) is 0 Å². The highest BCUT2D eigenvalue weighted by Crippen LogP contribution is 2.38. The number of carbonyl (C=O) groups excluding carboxylic acids is 1. The summed E-state index contributed by atoms with van der Waals surface area (Å²) in [5, 5.41) is 4.78. The van der Waals surface area contributed by atoms with Crippen LogP contribution in [0.4, 0.5) is 5.69 Å². The fraction of sp³-hybridized carbons (Fsp3) is 0.138. The quantitative estimate of drug-likeness (QED) is 0.236. The number of nitrogens with one attached hydrogen (secondary N) is 1. The highest BCUT2D eigenvalue weighted by Gasteiger charge is 2.15. The van der Waals surface area contributed by atoms with Crippen molar-refractivity contribution in [1.29, 1.82) is 0 Å². The van der Waals surface area contributed by atoms with Crippen molar-refractivity contribution in [3.63, 3.8) is 0 Å². The van der Waals surface area contributed by atoms with Gasteiger partial charge in [-0.3, -0.25) is 4.79 Å². The molecule has 0 radical (unpaired) electrons. The van der Waals surface area contributed by atoms with Crippen LogP contribution >= 0.6 is 34.8 Å². The van der Waals surface area contributed by atoms with E-state index in [-0.39, 0.29) is 5.91 Å². The molecule has 35 heavy (non-hydrogen) atoms. The van der Waals surface area contributed by atoms with Gasteiger partial charge in [0.1, 0.15) is 0 Å². The van der Waals surface area contributed by atoms with E-state index in [2.05, 4.69) is 29.4 Å². The molecule has 0 aliphatic carbocycles. The molecule has 0 saturated heterocycles. The molecule has 0 fully saturated rings. The maximum absolute atomic E-state index is 13.0. The van der Waals surface area contributed by atoms with E-state index in [1.165, 1.54) is 0 Å². The number of anilines is 1. The van der Waals surface area contributed by atoms with E-state index in [0.29, 0.717) is 27.2 Å². The summed E-state index contributed by atoms with van der Waals surface area (Å²) < 4.78 is 0. The second kappa shape index (κ2) is 11.6. The fourth-order valence-corrected chi connectivity index (χ4v) is 4.57. The van der Waals surface area contributed by atoms with Gasteiger partial charge in [-0.15, -0.1) is 0 Å². The molecule has 0 heterocycles. The number of carbonyl (C=O) groups is 1. The normalized spacial score (nSPS) is 10.7. The van der Waals surface area contributed by atoms with Gasteiger partial charge in [0.05, 0.1) is 0 Å². The summed E-state index contributed by atoms with van der Waals surface area (Å²) in [5.41, 5.74) is 5.31. The van der Waals surface area contributed by atoms with Crippen LogP contribution < -0.4 is 10.2 Å². The summed E-state index contributed by atoms with van der Waals surface area (Å²) in [5.74, 6) is -0.124. The van der Waals surface area contributed by atoms with Gasteiger partial charge in [-0.1, -0.05) is 77.3 Å². The largest absolute Gasteiger partial charge is 0.375 e. The summed E-state index contributed by atoms with van der Waals surface area (Å²) in [7, 11) is 2.05. The second-order valence-corrected chi connectivity index (χ2v) is 9.54. The number of amides is 1. The Balaban J connectivity index is 1.53. The minimum Gasteiger partial charge on any atom is -0.375 e. The zero-order valence-corrected chi connectivity index (χ0v) is 21.5. The van der Waals surface area contributed by atoms with Gasteiger partial charge in [-0.05, 0) is 71.6 Å². The summed E-state index contributed by atoms with van der Waals surface area (Å²) in [4.78, 5) is 15.2. The van der Waals surface area contributed by atoms with Crippen LogP contribution in [0.3, 0.4) is 0 Å². The first-order valence-corrected chi connectivity index (χ1v) is 12.5. The van der Waals surface area contributed by atoms with Crippen molar-refractivity contribution in [2.45, 2.75) is 6.42 Å². The average molecular weight is 524 g/mol. The van der Waals surface area contributed by atoms with Gasteiger partial charge in [-0.2, -0.15) is 0 Å². The Morgan fingerprint density at radius 2 is 1.46 bits per heavy atom. The van der Waals surface area contributed by atoms with Crippen LogP contribution in [0.25, 0.3) is 22.3 Å². The Morgan fingerprint density at radius 1 is 0.771 bits per heavy atom.